The summed E-state index contributed by atoms with van der Waals surface area (Å²) in [6.07, 6.45) is 2.69. The van der Waals surface area contributed by atoms with Crippen molar-refractivity contribution in [2.45, 2.75) is 57.8 Å². The van der Waals surface area contributed by atoms with Gasteiger partial charge in [0.05, 0.1) is 6.10 Å². The Hall–Kier alpha value is 0.117. The monoisotopic (exact) mass is 370 g/mol. The largest absolute Gasteiger partial charge is 0.481 e. The third-order valence-corrected chi connectivity index (χ3v) is 8.35. The normalized spacial score (nSPS) is 14.1. The summed E-state index contributed by atoms with van der Waals surface area (Å²) in [5.74, 6) is -0.753. The molecule has 0 rings (SSSR count). The first kappa shape index (κ1) is 17.1. The predicted octanol–water partition coefficient (Wildman–Crippen LogP) is 4.19. The van der Waals surface area contributed by atoms with E-state index in [0.29, 0.717) is 6.42 Å². The van der Waals surface area contributed by atoms with Crippen LogP contribution in [-0.2, 0) is 9.22 Å². The second-order valence-corrected chi connectivity index (χ2v) is 9.59. The van der Waals surface area contributed by atoms with Crippen molar-refractivity contribution in [2.75, 3.05) is 0 Å². The van der Waals surface area contributed by atoms with E-state index < -0.39 is 14.3 Å². The number of hydrogen-bond donors (Lipinski definition) is 1. The van der Waals surface area contributed by atoms with E-state index in [0.717, 1.165) is 18.1 Å². The molecule has 3 nitrogen and oxygen atoms in total. The molecule has 0 saturated carbocycles. The number of aliphatic carboxylic acids is 1. The van der Waals surface area contributed by atoms with E-state index in [1.807, 2.05) is 10.2 Å². The maximum atomic E-state index is 10.6. The van der Waals surface area contributed by atoms with Crippen LogP contribution < -0.4 is 0 Å². The summed E-state index contributed by atoms with van der Waals surface area (Å²) >= 11 is 2.15. The number of rotatable bonds is 9. The van der Waals surface area contributed by atoms with Crippen molar-refractivity contribution in [3.63, 3.8) is 0 Å². The smallest absolute Gasteiger partial charge is 0.303 e. The van der Waals surface area contributed by atoms with Gasteiger partial charge >= 0.3 is 5.97 Å². The molecule has 0 fully saturated rings. The highest BCUT2D eigenvalue weighted by atomic mass is 127. The van der Waals surface area contributed by atoms with Crippen LogP contribution in [0, 0.1) is 0 Å². The van der Waals surface area contributed by atoms with Gasteiger partial charge in [-0.25, -0.2) is 0 Å². The lowest BCUT2D eigenvalue weighted by Crippen LogP contribution is -2.39. The van der Waals surface area contributed by atoms with Crippen molar-refractivity contribution in [1.82, 2.24) is 0 Å². The molecule has 0 unspecified atom stereocenters. The molecule has 0 aliphatic heterocycles. The molecule has 0 bridgehead atoms. The minimum atomic E-state index is -1.64. The first-order chi connectivity index (χ1) is 8.03. The zero-order valence-electron chi connectivity index (χ0n) is 10.9. The van der Waals surface area contributed by atoms with Gasteiger partial charge in [0.25, 0.3) is 0 Å². The molecule has 0 amide bonds. The van der Waals surface area contributed by atoms with E-state index >= 15 is 0 Å². The zero-order valence-corrected chi connectivity index (χ0v) is 14.1. The molecule has 100 valence electrons. The molecule has 0 spiro atoms. The predicted molar refractivity (Wildman–Crippen MR) is 82.1 cm³/mol. The Morgan fingerprint density at radius 2 is 1.88 bits per heavy atom. The van der Waals surface area contributed by atoms with Gasteiger partial charge in [0.1, 0.15) is 0 Å². The van der Waals surface area contributed by atoms with Gasteiger partial charge in [-0.2, -0.15) is 0 Å². The molecule has 17 heavy (non-hydrogen) atoms. The van der Waals surface area contributed by atoms with E-state index in [-0.39, 0.29) is 12.5 Å². The molecule has 1 atom stereocenters. The van der Waals surface area contributed by atoms with Crippen LogP contribution in [0.3, 0.4) is 0 Å². The van der Waals surface area contributed by atoms with E-state index in [9.17, 15) is 4.79 Å². The summed E-state index contributed by atoms with van der Waals surface area (Å²) in [6.45, 7) is 6.55. The fourth-order valence-electron chi connectivity index (χ4n) is 1.86. The van der Waals surface area contributed by atoms with Crippen molar-refractivity contribution in [3.05, 3.63) is 10.2 Å². The van der Waals surface area contributed by atoms with Gasteiger partial charge in [-0.3, -0.25) is 4.79 Å². The van der Waals surface area contributed by atoms with Gasteiger partial charge in [-0.05, 0) is 28.6 Å². The molecule has 1 N–H and O–H groups in total. The summed E-state index contributed by atoms with van der Waals surface area (Å²) < 4.78 is 8.18. The molecule has 5 heteroatoms. The Bertz CT molecular complexity index is 244. The van der Waals surface area contributed by atoms with Gasteiger partial charge in [0.2, 0.25) is 0 Å². The van der Waals surface area contributed by atoms with Crippen LogP contribution in [0.5, 0.6) is 0 Å². The minimum Gasteiger partial charge on any atom is -0.481 e. The summed E-state index contributed by atoms with van der Waals surface area (Å²) in [6, 6.07) is 3.29. The molecule has 0 aliphatic carbocycles. The summed E-state index contributed by atoms with van der Waals surface area (Å²) in [4.78, 5) is 10.6. The van der Waals surface area contributed by atoms with Crippen LogP contribution in [0.1, 0.15) is 33.6 Å². The van der Waals surface area contributed by atoms with Crippen LogP contribution in [0.4, 0.5) is 0 Å². The summed E-state index contributed by atoms with van der Waals surface area (Å²) in [5, 5.41) is 8.73. The topological polar surface area (TPSA) is 46.5 Å². The van der Waals surface area contributed by atoms with Crippen LogP contribution in [0.15, 0.2) is 10.2 Å². The highest BCUT2D eigenvalue weighted by Gasteiger charge is 2.31. The maximum absolute atomic E-state index is 10.6. The van der Waals surface area contributed by atoms with E-state index in [2.05, 4.69) is 43.4 Å². The van der Waals surface area contributed by atoms with Crippen LogP contribution in [0.2, 0.25) is 18.1 Å². The van der Waals surface area contributed by atoms with Crippen LogP contribution >= 0.6 is 22.6 Å². The van der Waals surface area contributed by atoms with Crippen molar-refractivity contribution in [1.29, 1.82) is 0 Å². The number of carboxylic acids is 1. The highest BCUT2D eigenvalue weighted by Crippen LogP contribution is 2.25. The van der Waals surface area contributed by atoms with Crippen molar-refractivity contribution in [3.8, 4) is 0 Å². The SMILES string of the molecule is CC[Si](CC)(CC)O[C@H](/C=C\I)CCC(=O)O. The second-order valence-electron chi connectivity index (χ2n) is 4.15. The van der Waals surface area contributed by atoms with Crippen LogP contribution in [0.25, 0.3) is 0 Å². The summed E-state index contributed by atoms with van der Waals surface area (Å²) in [7, 11) is -1.64. The Balaban J connectivity index is 4.54. The maximum Gasteiger partial charge on any atom is 0.303 e. The minimum absolute atomic E-state index is 0.0329. The fraction of sp³-hybridized carbons (Fsp3) is 0.750. The Morgan fingerprint density at radius 1 is 1.35 bits per heavy atom. The molecule has 0 aromatic heterocycles. The lowest BCUT2D eigenvalue weighted by molar-refractivity contribution is -0.137. The molecule has 0 aromatic rings. The van der Waals surface area contributed by atoms with Crippen LogP contribution in [-0.4, -0.2) is 25.5 Å². The van der Waals surface area contributed by atoms with E-state index in [4.69, 9.17) is 9.53 Å². The fourth-order valence-corrected chi connectivity index (χ4v) is 5.16. The third kappa shape index (κ3) is 6.57. The molecule has 0 heterocycles. The average molecular weight is 370 g/mol. The van der Waals surface area contributed by atoms with Gasteiger partial charge in [-0.1, -0.05) is 49.4 Å². The van der Waals surface area contributed by atoms with Gasteiger partial charge in [-0.15, -0.1) is 0 Å². The average Bonchev–Trinajstić information content (AvgIpc) is 2.33. The number of carboxylic acid groups (broad SMARTS) is 1. The van der Waals surface area contributed by atoms with Crippen molar-refractivity contribution < 1.29 is 14.3 Å². The first-order valence-corrected chi connectivity index (χ1v) is 9.97. The third-order valence-electron chi connectivity index (χ3n) is 3.26. The second kappa shape index (κ2) is 9.10. The highest BCUT2D eigenvalue weighted by molar-refractivity contribution is 14.1. The molecule has 0 aliphatic rings. The molecular formula is C12H23IO3Si. The first-order valence-electron chi connectivity index (χ1n) is 6.20. The Morgan fingerprint density at radius 3 is 2.24 bits per heavy atom. The number of carbonyl (C=O) groups is 1. The Kier molecular flexibility index (Phi) is 9.16. The molecule has 0 aromatic carbocycles. The lowest BCUT2D eigenvalue weighted by atomic mass is 10.2. The summed E-state index contributed by atoms with van der Waals surface area (Å²) in [5.41, 5.74) is 0. The molecule has 0 radical (unpaired) electrons. The molecular weight excluding hydrogens is 347 g/mol. The van der Waals surface area contributed by atoms with E-state index in [1.54, 1.807) is 0 Å². The van der Waals surface area contributed by atoms with E-state index in [1.165, 1.54) is 0 Å². The number of halogens is 1. The quantitative estimate of drug-likeness (QED) is 0.489. The zero-order chi connectivity index (χ0) is 13.3. The van der Waals surface area contributed by atoms with Crippen molar-refractivity contribution in [2.24, 2.45) is 0 Å². The van der Waals surface area contributed by atoms with Gasteiger partial charge in [0, 0.05) is 6.42 Å². The Labute approximate surface area is 119 Å². The van der Waals surface area contributed by atoms with Crippen molar-refractivity contribution >= 4 is 36.9 Å². The van der Waals surface area contributed by atoms with Gasteiger partial charge in [0.15, 0.2) is 8.32 Å². The number of hydrogen-bond acceptors (Lipinski definition) is 2. The van der Waals surface area contributed by atoms with Gasteiger partial charge < -0.3 is 9.53 Å². The lowest BCUT2D eigenvalue weighted by Gasteiger charge is -2.32. The standard InChI is InChI=1S/C12H23IO3Si/c1-4-17(5-2,6-3)16-11(9-10-13)7-8-12(14)15/h9-11H,4-8H2,1-3H3,(H,14,15)/b10-9-/t11-/m0/s1. The molecule has 0 saturated heterocycles.